The fraction of sp³-hybridized carbons (Fsp3) is 0.185. The molecular formula is C27H27N3O3. The topological polar surface area (TPSA) is 65.4 Å². The van der Waals surface area contributed by atoms with Gasteiger partial charge in [0.25, 0.3) is 0 Å². The van der Waals surface area contributed by atoms with Gasteiger partial charge in [0.15, 0.2) is 0 Å². The summed E-state index contributed by atoms with van der Waals surface area (Å²) in [5.74, 6) is 1.40. The normalized spacial score (nSPS) is 10.6. The SMILES string of the molecule is COc1ccc(OCCC(=O)NCc2cn(Cc3ccccc3)nc2-c2ccccc2)cc1. The van der Waals surface area contributed by atoms with Crippen LogP contribution in [0.4, 0.5) is 0 Å². The summed E-state index contributed by atoms with van der Waals surface area (Å²) in [6.45, 7) is 1.38. The molecule has 3 aromatic carbocycles. The van der Waals surface area contributed by atoms with Crippen LogP contribution in [0, 0.1) is 0 Å². The van der Waals surface area contributed by atoms with Crippen molar-refractivity contribution in [2.24, 2.45) is 0 Å². The average molecular weight is 442 g/mol. The number of amides is 1. The lowest BCUT2D eigenvalue weighted by molar-refractivity contribution is -0.121. The average Bonchev–Trinajstić information content (AvgIpc) is 3.27. The third-order valence-electron chi connectivity index (χ3n) is 5.21. The van der Waals surface area contributed by atoms with Crippen LogP contribution in [-0.2, 0) is 17.9 Å². The Balaban J connectivity index is 1.37. The number of nitrogens with zero attached hydrogens (tertiary/aromatic N) is 2. The predicted octanol–water partition coefficient (Wildman–Crippen LogP) is 4.69. The van der Waals surface area contributed by atoms with Crippen LogP contribution in [0.1, 0.15) is 17.5 Å². The molecule has 1 N–H and O–H groups in total. The molecular weight excluding hydrogens is 414 g/mol. The van der Waals surface area contributed by atoms with Crippen LogP contribution >= 0.6 is 0 Å². The van der Waals surface area contributed by atoms with Crippen molar-refractivity contribution in [1.82, 2.24) is 15.1 Å². The fourth-order valence-electron chi connectivity index (χ4n) is 3.50. The van der Waals surface area contributed by atoms with Gasteiger partial charge >= 0.3 is 0 Å². The second-order valence-corrected chi connectivity index (χ2v) is 7.60. The summed E-state index contributed by atoms with van der Waals surface area (Å²) in [5, 5.41) is 7.80. The standard InChI is InChI=1S/C27H27N3O3/c1-32-24-12-14-25(15-13-24)33-17-16-26(31)28-18-23-20-30(19-21-8-4-2-5-9-21)29-27(23)22-10-6-3-7-11-22/h2-15,20H,16-19H2,1H3,(H,28,31). The first kappa shape index (κ1) is 22.1. The molecule has 0 saturated carbocycles. The third-order valence-corrected chi connectivity index (χ3v) is 5.21. The Labute approximate surface area is 193 Å². The first-order chi connectivity index (χ1) is 16.2. The van der Waals surface area contributed by atoms with Gasteiger partial charge in [0.2, 0.25) is 5.91 Å². The molecule has 4 rings (SSSR count). The maximum absolute atomic E-state index is 12.4. The van der Waals surface area contributed by atoms with Crippen molar-refractivity contribution >= 4 is 5.91 Å². The highest BCUT2D eigenvalue weighted by molar-refractivity contribution is 5.76. The van der Waals surface area contributed by atoms with Crippen molar-refractivity contribution in [2.75, 3.05) is 13.7 Å². The molecule has 168 valence electrons. The van der Waals surface area contributed by atoms with Gasteiger partial charge in [0.05, 0.1) is 32.4 Å². The van der Waals surface area contributed by atoms with E-state index in [4.69, 9.17) is 14.6 Å². The number of methoxy groups -OCH3 is 1. The van der Waals surface area contributed by atoms with E-state index < -0.39 is 0 Å². The summed E-state index contributed by atoms with van der Waals surface area (Å²) in [7, 11) is 1.62. The molecule has 0 bridgehead atoms. The summed E-state index contributed by atoms with van der Waals surface area (Å²) < 4.78 is 12.7. The number of rotatable bonds is 10. The minimum atomic E-state index is -0.0710. The molecule has 0 radical (unpaired) electrons. The van der Waals surface area contributed by atoms with Crippen molar-refractivity contribution in [3.8, 4) is 22.8 Å². The van der Waals surface area contributed by atoms with Gasteiger partial charge in [-0.05, 0) is 29.8 Å². The zero-order valence-electron chi connectivity index (χ0n) is 18.6. The van der Waals surface area contributed by atoms with Gasteiger partial charge in [-0.2, -0.15) is 5.10 Å². The largest absolute Gasteiger partial charge is 0.497 e. The molecule has 0 spiro atoms. The Morgan fingerprint density at radius 1 is 0.909 bits per heavy atom. The summed E-state index contributed by atoms with van der Waals surface area (Å²) in [4.78, 5) is 12.4. The van der Waals surface area contributed by atoms with Crippen molar-refractivity contribution in [3.63, 3.8) is 0 Å². The van der Waals surface area contributed by atoms with Crippen LogP contribution in [0.2, 0.25) is 0 Å². The smallest absolute Gasteiger partial charge is 0.223 e. The number of carbonyl (C=O) groups is 1. The van der Waals surface area contributed by atoms with E-state index in [-0.39, 0.29) is 12.3 Å². The minimum absolute atomic E-state index is 0.0710. The number of aromatic nitrogens is 2. The number of hydrogen-bond donors (Lipinski definition) is 1. The monoisotopic (exact) mass is 441 g/mol. The van der Waals surface area contributed by atoms with E-state index in [1.165, 1.54) is 5.56 Å². The van der Waals surface area contributed by atoms with Crippen molar-refractivity contribution in [1.29, 1.82) is 0 Å². The van der Waals surface area contributed by atoms with E-state index in [1.54, 1.807) is 7.11 Å². The molecule has 0 aliphatic carbocycles. The quantitative estimate of drug-likeness (QED) is 0.388. The van der Waals surface area contributed by atoms with Gasteiger partial charge in [-0.15, -0.1) is 0 Å². The van der Waals surface area contributed by atoms with Crippen molar-refractivity contribution in [3.05, 3.63) is 102 Å². The molecule has 33 heavy (non-hydrogen) atoms. The molecule has 0 fully saturated rings. The number of ether oxygens (including phenoxy) is 2. The summed E-state index contributed by atoms with van der Waals surface area (Å²) in [6, 6.07) is 27.5. The third kappa shape index (κ3) is 6.23. The molecule has 0 saturated heterocycles. The minimum Gasteiger partial charge on any atom is -0.497 e. The Morgan fingerprint density at radius 2 is 1.58 bits per heavy atom. The summed E-state index contributed by atoms with van der Waals surface area (Å²) in [5.41, 5.74) is 4.05. The van der Waals surface area contributed by atoms with Crippen molar-refractivity contribution in [2.45, 2.75) is 19.5 Å². The Morgan fingerprint density at radius 3 is 2.27 bits per heavy atom. The molecule has 1 aromatic heterocycles. The van der Waals surface area contributed by atoms with Gasteiger partial charge < -0.3 is 14.8 Å². The molecule has 0 atom stereocenters. The highest BCUT2D eigenvalue weighted by Gasteiger charge is 2.13. The number of nitrogens with one attached hydrogen (secondary N) is 1. The van der Waals surface area contributed by atoms with E-state index in [0.717, 1.165) is 22.6 Å². The van der Waals surface area contributed by atoms with Crippen LogP contribution in [0.25, 0.3) is 11.3 Å². The molecule has 6 heteroatoms. The van der Waals surface area contributed by atoms with E-state index in [9.17, 15) is 4.79 Å². The van der Waals surface area contributed by atoms with Crippen LogP contribution in [0.5, 0.6) is 11.5 Å². The molecule has 0 aliphatic heterocycles. The van der Waals surface area contributed by atoms with Crippen LogP contribution < -0.4 is 14.8 Å². The molecule has 0 unspecified atom stereocenters. The second-order valence-electron chi connectivity index (χ2n) is 7.60. The maximum atomic E-state index is 12.4. The lowest BCUT2D eigenvalue weighted by Crippen LogP contribution is -2.24. The summed E-state index contributed by atoms with van der Waals surface area (Å²) in [6.07, 6.45) is 2.27. The van der Waals surface area contributed by atoms with Crippen LogP contribution in [0.3, 0.4) is 0 Å². The predicted molar refractivity (Wildman–Crippen MR) is 128 cm³/mol. The van der Waals surface area contributed by atoms with E-state index in [0.29, 0.717) is 25.4 Å². The number of carbonyl (C=O) groups excluding carboxylic acids is 1. The second kappa shape index (κ2) is 11.0. The van der Waals surface area contributed by atoms with Gasteiger partial charge in [0.1, 0.15) is 11.5 Å². The van der Waals surface area contributed by atoms with E-state index >= 15 is 0 Å². The maximum Gasteiger partial charge on any atom is 0.223 e. The molecule has 6 nitrogen and oxygen atoms in total. The Kier molecular flexibility index (Phi) is 7.38. The van der Waals surface area contributed by atoms with Gasteiger partial charge in [0, 0.05) is 23.9 Å². The molecule has 4 aromatic rings. The summed E-state index contributed by atoms with van der Waals surface area (Å²) >= 11 is 0. The van der Waals surface area contributed by atoms with Crippen molar-refractivity contribution < 1.29 is 14.3 Å². The number of benzene rings is 3. The van der Waals surface area contributed by atoms with Crippen LogP contribution in [-0.4, -0.2) is 29.4 Å². The van der Waals surface area contributed by atoms with Gasteiger partial charge in [-0.1, -0.05) is 60.7 Å². The zero-order chi connectivity index (χ0) is 22.9. The highest BCUT2D eigenvalue weighted by Crippen LogP contribution is 2.22. The zero-order valence-corrected chi connectivity index (χ0v) is 18.6. The lowest BCUT2D eigenvalue weighted by Gasteiger charge is -2.08. The first-order valence-corrected chi connectivity index (χ1v) is 10.9. The van der Waals surface area contributed by atoms with E-state index in [2.05, 4.69) is 17.4 Å². The fourth-order valence-corrected chi connectivity index (χ4v) is 3.50. The van der Waals surface area contributed by atoms with E-state index in [1.807, 2.05) is 83.7 Å². The lowest BCUT2D eigenvalue weighted by atomic mass is 10.1. The van der Waals surface area contributed by atoms with Gasteiger partial charge in [-0.3, -0.25) is 9.48 Å². The van der Waals surface area contributed by atoms with Crippen LogP contribution in [0.15, 0.2) is 91.1 Å². The first-order valence-electron chi connectivity index (χ1n) is 10.9. The highest BCUT2D eigenvalue weighted by atomic mass is 16.5. The number of hydrogen-bond acceptors (Lipinski definition) is 4. The molecule has 1 heterocycles. The molecule has 1 amide bonds. The molecule has 0 aliphatic rings. The van der Waals surface area contributed by atoms with Gasteiger partial charge in [-0.25, -0.2) is 0 Å². The Bertz CT molecular complexity index is 1160. The Hall–Kier alpha value is -4.06.